The Balaban J connectivity index is 1.70. The number of ether oxygens (including phenoxy) is 4. The second-order valence-electron chi connectivity index (χ2n) is 6.48. The number of benzene rings is 3. The van der Waals surface area contributed by atoms with E-state index in [9.17, 15) is 9.59 Å². The van der Waals surface area contributed by atoms with Crippen molar-refractivity contribution in [2.24, 2.45) is 4.99 Å². The van der Waals surface area contributed by atoms with Crippen molar-refractivity contribution < 1.29 is 33.6 Å². The molecule has 0 amide bonds. The molecule has 32 heavy (non-hydrogen) atoms. The fraction of sp³-hybridized carbons (Fsp3) is 0.125. The summed E-state index contributed by atoms with van der Waals surface area (Å²) in [6, 6.07) is 16.0. The highest BCUT2D eigenvalue weighted by atomic mass is 16.5. The van der Waals surface area contributed by atoms with Gasteiger partial charge in [0.05, 0.1) is 38.1 Å². The average Bonchev–Trinajstić information content (AvgIpc) is 2.82. The van der Waals surface area contributed by atoms with E-state index in [-0.39, 0.29) is 11.1 Å². The van der Waals surface area contributed by atoms with Crippen LogP contribution in [0.25, 0.3) is 0 Å². The standard InChI is InChI=1S/C24H21NO7/c1-29-20-12-17(13-21(30-2)22(20)31-3)24(28)32-19-10-4-15(5-11-19)14-25-18-8-6-16(7-9-18)23(26)27/h4-14H,1-3H3,(H,26,27). The zero-order valence-electron chi connectivity index (χ0n) is 17.7. The van der Waals surface area contributed by atoms with Crippen molar-refractivity contribution in [3.05, 3.63) is 77.4 Å². The second-order valence-corrected chi connectivity index (χ2v) is 6.48. The molecule has 3 aromatic rings. The van der Waals surface area contributed by atoms with Crippen LogP contribution >= 0.6 is 0 Å². The van der Waals surface area contributed by atoms with E-state index < -0.39 is 11.9 Å². The molecule has 0 aliphatic heterocycles. The maximum Gasteiger partial charge on any atom is 0.343 e. The summed E-state index contributed by atoms with van der Waals surface area (Å²) in [6.07, 6.45) is 1.63. The summed E-state index contributed by atoms with van der Waals surface area (Å²) in [5.74, 6) is -0.135. The number of rotatable bonds is 8. The highest BCUT2D eigenvalue weighted by molar-refractivity contribution is 5.93. The van der Waals surface area contributed by atoms with Crippen LogP contribution in [-0.4, -0.2) is 44.6 Å². The van der Waals surface area contributed by atoms with E-state index in [4.69, 9.17) is 24.1 Å². The van der Waals surface area contributed by atoms with E-state index in [0.29, 0.717) is 28.7 Å². The average molecular weight is 435 g/mol. The van der Waals surface area contributed by atoms with E-state index in [2.05, 4.69) is 4.99 Å². The second kappa shape index (κ2) is 10.1. The smallest absolute Gasteiger partial charge is 0.343 e. The third-order valence-electron chi connectivity index (χ3n) is 4.47. The van der Waals surface area contributed by atoms with Gasteiger partial charge in [-0.2, -0.15) is 0 Å². The lowest BCUT2D eigenvalue weighted by atomic mass is 10.1. The fourth-order valence-electron chi connectivity index (χ4n) is 2.83. The molecule has 0 saturated heterocycles. The van der Waals surface area contributed by atoms with Gasteiger partial charge in [-0.05, 0) is 66.2 Å². The maximum atomic E-state index is 12.6. The Morgan fingerprint density at radius 3 is 1.91 bits per heavy atom. The van der Waals surface area contributed by atoms with Crippen molar-refractivity contribution in [1.82, 2.24) is 0 Å². The van der Waals surface area contributed by atoms with Crippen molar-refractivity contribution in [2.75, 3.05) is 21.3 Å². The molecule has 0 aliphatic carbocycles. The summed E-state index contributed by atoms with van der Waals surface area (Å²) in [5.41, 5.74) is 1.84. The number of aliphatic imine (C=N–C) groups is 1. The Hall–Kier alpha value is -4.33. The van der Waals surface area contributed by atoms with E-state index in [1.807, 2.05) is 0 Å². The fourth-order valence-corrected chi connectivity index (χ4v) is 2.83. The van der Waals surface area contributed by atoms with Gasteiger partial charge >= 0.3 is 11.9 Å². The highest BCUT2D eigenvalue weighted by Gasteiger charge is 2.18. The van der Waals surface area contributed by atoms with Gasteiger partial charge in [-0.1, -0.05) is 0 Å². The van der Waals surface area contributed by atoms with Gasteiger partial charge in [-0.25, -0.2) is 9.59 Å². The molecule has 0 fully saturated rings. The van der Waals surface area contributed by atoms with Gasteiger partial charge in [0.1, 0.15) is 5.75 Å². The van der Waals surface area contributed by atoms with Crippen molar-refractivity contribution in [2.45, 2.75) is 0 Å². The van der Waals surface area contributed by atoms with Crippen LogP contribution in [0.5, 0.6) is 23.0 Å². The minimum Gasteiger partial charge on any atom is -0.493 e. The first-order chi connectivity index (χ1) is 15.4. The van der Waals surface area contributed by atoms with Crippen molar-refractivity contribution in [3.63, 3.8) is 0 Å². The van der Waals surface area contributed by atoms with Crippen molar-refractivity contribution in [1.29, 1.82) is 0 Å². The number of carbonyl (C=O) groups excluding carboxylic acids is 1. The minimum atomic E-state index is -0.989. The Kier molecular flexibility index (Phi) is 7.07. The third kappa shape index (κ3) is 5.23. The summed E-state index contributed by atoms with van der Waals surface area (Å²) >= 11 is 0. The van der Waals surface area contributed by atoms with Crippen LogP contribution in [0.4, 0.5) is 5.69 Å². The predicted molar refractivity (Wildman–Crippen MR) is 118 cm³/mol. The summed E-state index contributed by atoms with van der Waals surface area (Å²) in [5, 5.41) is 8.93. The Morgan fingerprint density at radius 2 is 1.41 bits per heavy atom. The van der Waals surface area contributed by atoms with E-state index in [0.717, 1.165) is 5.56 Å². The summed E-state index contributed by atoms with van der Waals surface area (Å²) in [4.78, 5) is 27.8. The summed E-state index contributed by atoms with van der Waals surface area (Å²) in [6.45, 7) is 0. The molecule has 0 saturated carbocycles. The molecule has 1 N–H and O–H groups in total. The quantitative estimate of drug-likeness (QED) is 0.318. The van der Waals surface area contributed by atoms with Crippen LogP contribution in [0, 0.1) is 0 Å². The van der Waals surface area contributed by atoms with Crippen LogP contribution in [0.2, 0.25) is 0 Å². The number of carbonyl (C=O) groups is 2. The van der Waals surface area contributed by atoms with Gasteiger partial charge in [0.25, 0.3) is 0 Å². The number of carboxylic acid groups (broad SMARTS) is 1. The van der Waals surface area contributed by atoms with Gasteiger partial charge < -0.3 is 24.1 Å². The number of methoxy groups -OCH3 is 3. The van der Waals surface area contributed by atoms with E-state index in [1.165, 1.54) is 45.6 Å². The third-order valence-corrected chi connectivity index (χ3v) is 4.47. The normalized spacial score (nSPS) is 10.6. The largest absolute Gasteiger partial charge is 0.493 e. The molecule has 3 rings (SSSR count). The van der Waals surface area contributed by atoms with Crippen LogP contribution < -0.4 is 18.9 Å². The summed E-state index contributed by atoms with van der Waals surface area (Å²) < 4.78 is 21.2. The number of carboxylic acids is 1. The zero-order chi connectivity index (χ0) is 23.1. The Bertz CT molecular complexity index is 1110. The Labute approximate surface area is 184 Å². The molecule has 3 aromatic carbocycles. The lowest BCUT2D eigenvalue weighted by molar-refractivity contribution is 0.0694. The minimum absolute atomic E-state index is 0.196. The number of aromatic carboxylic acids is 1. The SMILES string of the molecule is COc1cc(C(=O)Oc2ccc(C=Nc3ccc(C(=O)O)cc3)cc2)cc(OC)c1OC. The number of nitrogens with zero attached hydrogens (tertiary/aromatic N) is 1. The first-order valence-corrected chi connectivity index (χ1v) is 9.45. The van der Waals surface area contributed by atoms with Gasteiger partial charge in [-0.3, -0.25) is 4.99 Å². The van der Waals surface area contributed by atoms with Crippen LogP contribution in [-0.2, 0) is 0 Å². The maximum absolute atomic E-state index is 12.6. The van der Waals surface area contributed by atoms with Crippen LogP contribution in [0.1, 0.15) is 26.3 Å². The molecular formula is C24H21NO7. The van der Waals surface area contributed by atoms with E-state index in [1.54, 1.807) is 42.6 Å². The molecule has 8 heteroatoms. The van der Waals surface area contributed by atoms with Gasteiger partial charge in [0.2, 0.25) is 5.75 Å². The Morgan fingerprint density at radius 1 is 0.812 bits per heavy atom. The molecule has 0 aliphatic rings. The molecule has 0 bridgehead atoms. The molecule has 0 radical (unpaired) electrons. The van der Waals surface area contributed by atoms with Gasteiger partial charge in [0.15, 0.2) is 11.5 Å². The zero-order valence-corrected chi connectivity index (χ0v) is 17.7. The molecule has 0 unspecified atom stereocenters. The van der Waals surface area contributed by atoms with Crippen molar-refractivity contribution in [3.8, 4) is 23.0 Å². The first kappa shape index (κ1) is 22.4. The molecule has 164 valence electrons. The number of hydrogen-bond donors (Lipinski definition) is 1. The lowest BCUT2D eigenvalue weighted by Crippen LogP contribution is -2.09. The summed E-state index contributed by atoms with van der Waals surface area (Å²) in [7, 11) is 4.41. The van der Waals surface area contributed by atoms with Gasteiger partial charge in [0, 0.05) is 6.21 Å². The van der Waals surface area contributed by atoms with Crippen LogP contribution in [0.3, 0.4) is 0 Å². The molecular weight excluding hydrogens is 414 g/mol. The van der Waals surface area contributed by atoms with Gasteiger partial charge in [-0.15, -0.1) is 0 Å². The number of esters is 1. The van der Waals surface area contributed by atoms with Crippen LogP contribution in [0.15, 0.2) is 65.7 Å². The monoisotopic (exact) mass is 435 g/mol. The predicted octanol–water partition coefficient (Wildman–Crippen LogP) is 4.38. The first-order valence-electron chi connectivity index (χ1n) is 9.45. The molecule has 0 spiro atoms. The molecule has 0 atom stereocenters. The van der Waals surface area contributed by atoms with E-state index >= 15 is 0 Å². The molecule has 0 aromatic heterocycles. The van der Waals surface area contributed by atoms with Crippen molar-refractivity contribution >= 4 is 23.8 Å². The molecule has 0 heterocycles. The molecule has 8 nitrogen and oxygen atoms in total. The highest BCUT2D eigenvalue weighted by Crippen LogP contribution is 2.38. The topological polar surface area (TPSA) is 104 Å². The number of hydrogen-bond acceptors (Lipinski definition) is 7. The lowest BCUT2D eigenvalue weighted by Gasteiger charge is -2.13.